The third-order valence-electron chi connectivity index (χ3n) is 2.58. The van der Waals surface area contributed by atoms with E-state index < -0.39 is 25.0 Å². The molecule has 10 heteroatoms. The number of thiophene rings is 1. The summed E-state index contributed by atoms with van der Waals surface area (Å²) in [6.45, 7) is 2.50. The van der Waals surface area contributed by atoms with E-state index in [4.69, 9.17) is 5.26 Å². The van der Waals surface area contributed by atoms with Gasteiger partial charge in [0.2, 0.25) is 0 Å². The zero-order chi connectivity index (χ0) is 14.6. The van der Waals surface area contributed by atoms with Crippen LogP contribution in [-0.2, 0) is 16.0 Å². The summed E-state index contributed by atoms with van der Waals surface area (Å²) in [6.07, 6.45) is 0.621. The third-order valence-corrected chi connectivity index (χ3v) is 3.79. The molecular formula is C13H16K3N2O4S+. The number of carbonyl (C=O) groups excluding carboxylic acids is 2. The first-order chi connectivity index (χ1) is 8.90. The van der Waals surface area contributed by atoms with Gasteiger partial charge in [0.1, 0.15) is 11.1 Å². The van der Waals surface area contributed by atoms with Gasteiger partial charge in [-0.15, -0.1) is 11.3 Å². The molecule has 6 nitrogen and oxygen atoms in total. The molecule has 23 heavy (non-hydrogen) atoms. The first kappa shape index (κ1) is 33.4. The minimum atomic E-state index is -1.41. The van der Waals surface area contributed by atoms with Gasteiger partial charge >= 0.3 is 154 Å². The van der Waals surface area contributed by atoms with E-state index in [9.17, 15) is 19.8 Å². The predicted molar refractivity (Wildman–Crippen MR) is 72.1 cm³/mol. The SMILES string of the molecule is C.CCc1c(C)sc(N(CC(=O)[O-])CC(=O)[O-])c1C#N.[K+].[K+].[K+]. The first-order valence-electron chi connectivity index (χ1n) is 5.57. The number of carboxylic acids is 2. The minimum absolute atomic E-state index is 0. The average Bonchev–Trinajstić information content (AvgIpc) is 2.63. The van der Waals surface area contributed by atoms with E-state index in [1.807, 2.05) is 19.9 Å². The number of hydrogen-bond acceptors (Lipinski definition) is 7. The summed E-state index contributed by atoms with van der Waals surface area (Å²) in [5.41, 5.74) is 1.14. The summed E-state index contributed by atoms with van der Waals surface area (Å²) < 4.78 is 0. The first-order valence-corrected chi connectivity index (χ1v) is 6.39. The van der Waals surface area contributed by atoms with Crippen LogP contribution in [-0.4, -0.2) is 25.0 Å². The molecule has 0 aromatic carbocycles. The summed E-state index contributed by atoms with van der Waals surface area (Å²) in [6, 6.07) is 2.00. The second-order valence-electron chi connectivity index (χ2n) is 3.88. The van der Waals surface area contributed by atoms with Gasteiger partial charge in [-0.3, -0.25) is 0 Å². The van der Waals surface area contributed by atoms with E-state index in [2.05, 4.69) is 0 Å². The molecule has 0 amide bonds. The maximum Gasteiger partial charge on any atom is 1.00 e. The monoisotopic (exact) mass is 413 g/mol. The zero-order valence-corrected chi connectivity index (χ0v) is 23.7. The maximum absolute atomic E-state index is 10.7. The van der Waals surface area contributed by atoms with Crippen LogP contribution in [0.5, 0.6) is 0 Å². The van der Waals surface area contributed by atoms with Crippen molar-refractivity contribution in [2.75, 3.05) is 18.0 Å². The number of hydrogen-bond donors (Lipinski definition) is 0. The van der Waals surface area contributed by atoms with Gasteiger partial charge in [-0.05, 0) is 18.9 Å². The Balaban J connectivity index is -0.000000451. The molecule has 110 valence electrons. The van der Waals surface area contributed by atoms with Crippen molar-refractivity contribution in [3.63, 3.8) is 0 Å². The Morgan fingerprint density at radius 3 is 1.91 bits per heavy atom. The summed E-state index contributed by atoms with van der Waals surface area (Å²) in [5.74, 6) is -2.82. The molecule has 1 aromatic rings. The van der Waals surface area contributed by atoms with Crippen molar-refractivity contribution in [2.24, 2.45) is 0 Å². The molecule has 0 saturated heterocycles. The molecule has 0 aliphatic rings. The van der Waals surface area contributed by atoms with Crippen LogP contribution >= 0.6 is 11.3 Å². The fourth-order valence-electron chi connectivity index (χ4n) is 1.84. The Hall–Kier alpha value is 2.84. The largest absolute Gasteiger partial charge is 1.00 e. The smallest absolute Gasteiger partial charge is 0.548 e. The van der Waals surface area contributed by atoms with E-state index in [-0.39, 0.29) is 162 Å². The maximum atomic E-state index is 10.7. The van der Waals surface area contributed by atoms with Crippen molar-refractivity contribution < 1.29 is 174 Å². The average molecular weight is 414 g/mol. The molecule has 0 fully saturated rings. The van der Waals surface area contributed by atoms with Crippen LogP contribution in [0.3, 0.4) is 0 Å². The van der Waals surface area contributed by atoms with Gasteiger partial charge in [0.25, 0.3) is 0 Å². The van der Waals surface area contributed by atoms with Crippen molar-refractivity contribution in [2.45, 2.75) is 27.7 Å². The van der Waals surface area contributed by atoms with Gasteiger partial charge in [0, 0.05) is 4.88 Å². The number of carboxylic acid groups (broad SMARTS) is 2. The van der Waals surface area contributed by atoms with Crippen LogP contribution in [0.1, 0.15) is 30.4 Å². The fourth-order valence-corrected chi connectivity index (χ4v) is 3.03. The Morgan fingerprint density at radius 1 is 1.17 bits per heavy atom. The van der Waals surface area contributed by atoms with Crippen LogP contribution < -0.4 is 169 Å². The number of nitriles is 1. The standard InChI is InChI=1S/C12H14N2O4S.CH4.3K/c1-3-8-7(2)19-12(9(8)4-13)14(5-10(15)16)6-11(17)18;;;;/h3,5-6H2,1-2H3,(H,15,16)(H,17,18);1H4;;;/q;;3*+1/p-2. The summed E-state index contributed by atoms with van der Waals surface area (Å²) >= 11 is 1.20. The molecule has 1 rings (SSSR count). The van der Waals surface area contributed by atoms with E-state index >= 15 is 0 Å². The Labute approximate surface area is 268 Å². The quantitative estimate of drug-likeness (QED) is 0.429. The van der Waals surface area contributed by atoms with E-state index in [1.54, 1.807) is 0 Å². The third kappa shape index (κ3) is 10.7. The Kier molecular flexibility index (Phi) is 24.7. The summed E-state index contributed by atoms with van der Waals surface area (Å²) in [7, 11) is 0. The number of nitrogens with zero attached hydrogens (tertiary/aromatic N) is 2. The molecule has 0 N–H and O–H groups in total. The molecule has 0 radical (unpaired) electrons. The molecule has 0 aliphatic heterocycles. The molecule has 1 heterocycles. The fraction of sp³-hybridized carbons (Fsp3) is 0.462. The van der Waals surface area contributed by atoms with Crippen molar-refractivity contribution >= 4 is 28.3 Å². The minimum Gasteiger partial charge on any atom is -0.548 e. The Bertz CT molecular complexity index is 542. The topological polar surface area (TPSA) is 107 Å². The van der Waals surface area contributed by atoms with Crippen LogP contribution in [0, 0.1) is 18.3 Å². The summed E-state index contributed by atoms with van der Waals surface area (Å²) in [5, 5.41) is 30.9. The van der Waals surface area contributed by atoms with E-state index in [0.717, 1.165) is 15.3 Å². The molecule has 0 bridgehead atoms. The number of anilines is 1. The van der Waals surface area contributed by atoms with Crippen molar-refractivity contribution in [3.05, 3.63) is 16.0 Å². The van der Waals surface area contributed by atoms with Crippen molar-refractivity contribution in [3.8, 4) is 6.07 Å². The number of aliphatic carboxylic acids is 2. The van der Waals surface area contributed by atoms with E-state index in [1.165, 1.54) is 11.3 Å². The number of aryl methyl sites for hydroxylation is 1. The second-order valence-corrected chi connectivity index (χ2v) is 5.09. The van der Waals surface area contributed by atoms with E-state index in [0.29, 0.717) is 17.0 Å². The molecule has 0 aliphatic carbocycles. The predicted octanol–water partition coefficient (Wildman–Crippen LogP) is -9.56. The number of carbonyl (C=O) groups is 2. The summed E-state index contributed by atoms with van der Waals surface area (Å²) in [4.78, 5) is 23.3. The molecule has 1 aromatic heterocycles. The Morgan fingerprint density at radius 2 is 1.61 bits per heavy atom. The van der Waals surface area contributed by atoms with Crippen molar-refractivity contribution in [1.82, 2.24) is 0 Å². The number of rotatable bonds is 6. The van der Waals surface area contributed by atoms with Gasteiger partial charge in [-0.25, -0.2) is 0 Å². The van der Waals surface area contributed by atoms with Gasteiger partial charge < -0.3 is 24.7 Å². The molecule has 0 unspecified atom stereocenters. The van der Waals surface area contributed by atoms with Gasteiger partial charge in [-0.2, -0.15) is 5.26 Å². The van der Waals surface area contributed by atoms with Crippen molar-refractivity contribution in [1.29, 1.82) is 5.26 Å². The van der Waals surface area contributed by atoms with Gasteiger partial charge in [0.05, 0.1) is 30.6 Å². The van der Waals surface area contributed by atoms with Gasteiger partial charge in [-0.1, -0.05) is 14.4 Å². The van der Waals surface area contributed by atoms with Gasteiger partial charge in [0.15, 0.2) is 0 Å². The molecule has 0 atom stereocenters. The van der Waals surface area contributed by atoms with Crippen LogP contribution in [0.15, 0.2) is 0 Å². The van der Waals surface area contributed by atoms with Crippen LogP contribution in [0.25, 0.3) is 0 Å². The zero-order valence-electron chi connectivity index (χ0n) is 13.6. The van der Waals surface area contributed by atoms with Crippen LogP contribution in [0.4, 0.5) is 5.00 Å². The van der Waals surface area contributed by atoms with Crippen LogP contribution in [0.2, 0.25) is 0 Å². The molecule has 0 saturated carbocycles. The second kappa shape index (κ2) is 17.0. The molecule has 0 spiro atoms. The molecular weight excluding hydrogens is 398 g/mol. The normalized spacial score (nSPS) is 8.22.